The fraction of sp³-hybridized carbons (Fsp3) is 0.286. The molecule has 0 atom stereocenters. The zero-order valence-electron chi connectivity index (χ0n) is 15.5. The summed E-state index contributed by atoms with van der Waals surface area (Å²) in [6.45, 7) is 0.871. The Kier molecular flexibility index (Phi) is 4.96. The Bertz CT molecular complexity index is 920. The standard InChI is InChI=1S/C21H20F3N3O2/c22-21(23,24)16-7-4-8-17(13-16)25-19(28)27-11-9-20(10-12-27)14-18(26-29-20)15-5-2-1-3-6-15/h1-8,13-14,26H,9-12H2,(H,25,28). The van der Waals surface area contributed by atoms with Crippen LogP contribution in [0, 0.1) is 0 Å². The second-order valence-corrected chi connectivity index (χ2v) is 7.19. The molecule has 2 aliphatic heterocycles. The summed E-state index contributed by atoms with van der Waals surface area (Å²) in [6.07, 6.45) is -1.23. The van der Waals surface area contributed by atoms with Gasteiger partial charge in [0.05, 0.1) is 11.3 Å². The predicted octanol–water partition coefficient (Wildman–Crippen LogP) is 4.65. The minimum atomic E-state index is -4.45. The average Bonchev–Trinajstić information content (AvgIpc) is 3.12. The molecule has 4 rings (SSSR count). The van der Waals surface area contributed by atoms with Crippen molar-refractivity contribution in [2.75, 3.05) is 18.4 Å². The summed E-state index contributed by atoms with van der Waals surface area (Å²) in [4.78, 5) is 19.9. The van der Waals surface area contributed by atoms with E-state index in [2.05, 4.69) is 10.8 Å². The van der Waals surface area contributed by atoms with Crippen molar-refractivity contribution < 1.29 is 22.8 Å². The third kappa shape index (κ3) is 4.22. The number of nitrogens with one attached hydrogen (secondary N) is 2. The van der Waals surface area contributed by atoms with E-state index in [1.165, 1.54) is 12.1 Å². The maximum Gasteiger partial charge on any atom is 0.416 e. The third-order valence-electron chi connectivity index (χ3n) is 5.19. The number of carbonyl (C=O) groups excluding carboxylic acids is 1. The zero-order chi connectivity index (χ0) is 20.5. The molecule has 1 fully saturated rings. The first-order valence-corrected chi connectivity index (χ1v) is 9.30. The van der Waals surface area contributed by atoms with E-state index in [9.17, 15) is 18.0 Å². The molecule has 1 spiro atoms. The number of anilines is 1. The molecule has 2 aliphatic rings. The van der Waals surface area contributed by atoms with E-state index >= 15 is 0 Å². The SMILES string of the molecule is O=C(Nc1cccc(C(F)(F)F)c1)N1CCC2(C=C(c3ccccc3)NO2)CC1. The average molecular weight is 403 g/mol. The number of piperidine rings is 1. The van der Waals surface area contributed by atoms with Gasteiger partial charge in [-0.25, -0.2) is 4.79 Å². The van der Waals surface area contributed by atoms with Crippen LogP contribution < -0.4 is 10.8 Å². The number of hydroxylamine groups is 1. The molecule has 0 radical (unpaired) electrons. The molecular weight excluding hydrogens is 383 g/mol. The van der Waals surface area contributed by atoms with Crippen molar-refractivity contribution >= 4 is 17.4 Å². The van der Waals surface area contributed by atoms with Crippen LogP contribution in [0.2, 0.25) is 0 Å². The summed E-state index contributed by atoms with van der Waals surface area (Å²) in [5, 5.41) is 2.55. The molecule has 29 heavy (non-hydrogen) atoms. The topological polar surface area (TPSA) is 53.6 Å². The lowest BCUT2D eigenvalue weighted by molar-refractivity contribution is -0.137. The van der Waals surface area contributed by atoms with E-state index in [-0.39, 0.29) is 5.69 Å². The van der Waals surface area contributed by atoms with E-state index in [1.807, 2.05) is 36.4 Å². The van der Waals surface area contributed by atoms with Gasteiger partial charge in [0.25, 0.3) is 0 Å². The maximum absolute atomic E-state index is 12.8. The van der Waals surface area contributed by atoms with Crippen molar-refractivity contribution in [3.8, 4) is 0 Å². The summed E-state index contributed by atoms with van der Waals surface area (Å²) < 4.78 is 38.5. The normalized spacial score (nSPS) is 18.3. The minimum Gasteiger partial charge on any atom is -0.324 e. The van der Waals surface area contributed by atoms with Gasteiger partial charge in [0.15, 0.2) is 0 Å². The van der Waals surface area contributed by atoms with Gasteiger partial charge in [-0.3, -0.25) is 10.3 Å². The molecule has 0 aromatic heterocycles. The van der Waals surface area contributed by atoms with Crippen molar-refractivity contribution in [2.24, 2.45) is 0 Å². The molecule has 2 aromatic carbocycles. The zero-order valence-corrected chi connectivity index (χ0v) is 15.5. The number of hydrogen-bond acceptors (Lipinski definition) is 3. The number of rotatable bonds is 2. The quantitative estimate of drug-likeness (QED) is 0.768. The molecule has 0 unspecified atom stereocenters. The van der Waals surface area contributed by atoms with Crippen LogP contribution in [0.1, 0.15) is 24.0 Å². The Morgan fingerprint density at radius 1 is 1.07 bits per heavy atom. The smallest absolute Gasteiger partial charge is 0.324 e. The first-order chi connectivity index (χ1) is 13.8. The van der Waals surface area contributed by atoms with Gasteiger partial charge in [0.2, 0.25) is 0 Å². The van der Waals surface area contributed by atoms with Crippen LogP contribution in [0.4, 0.5) is 23.7 Å². The number of nitrogens with zero attached hydrogens (tertiary/aromatic N) is 1. The van der Waals surface area contributed by atoms with Crippen LogP contribution in [0.25, 0.3) is 5.70 Å². The lowest BCUT2D eigenvalue weighted by Crippen LogP contribution is -2.48. The van der Waals surface area contributed by atoms with E-state index in [0.29, 0.717) is 25.9 Å². The lowest BCUT2D eigenvalue weighted by atomic mass is 9.90. The number of alkyl halides is 3. The largest absolute Gasteiger partial charge is 0.416 e. The Morgan fingerprint density at radius 2 is 1.79 bits per heavy atom. The van der Waals surface area contributed by atoms with Gasteiger partial charge in [-0.15, -0.1) is 0 Å². The molecule has 2 heterocycles. The van der Waals surface area contributed by atoms with Crippen molar-refractivity contribution in [3.63, 3.8) is 0 Å². The van der Waals surface area contributed by atoms with Gasteiger partial charge in [0.1, 0.15) is 5.60 Å². The monoisotopic (exact) mass is 403 g/mol. The van der Waals surface area contributed by atoms with Crippen LogP contribution >= 0.6 is 0 Å². The third-order valence-corrected chi connectivity index (χ3v) is 5.19. The van der Waals surface area contributed by atoms with Crippen molar-refractivity contribution in [3.05, 3.63) is 71.8 Å². The first-order valence-electron chi connectivity index (χ1n) is 9.30. The molecule has 0 aliphatic carbocycles. The number of benzene rings is 2. The summed E-state index contributed by atoms with van der Waals surface area (Å²) in [7, 11) is 0. The van der Waals surface area contributed by atoms with Crippen LogP contribution in [-0.4, -0.2) is 29.6 Å². The highest BCUT2D eigenvalue weighted by molar-refractivity contribution is 5.89. The van der Waals surface area contributed by atoms with Crippen molar-refractivity contribution in [1.82, 2.24) is 10.4 Å². The Labute approximate surface area is 166 Å². The van der Waals surface area contributed by atoms with E-state index in [0.717, 1.165) is 23.4 Å². The summed E-state index contributed by atoms with van der Waals surface area (Å²) >= 11 is 0. The van der Waals surface area contributed by atoms with Gasteiger partial charge in [-0.1, -0.05) is 36.4 Å². The van der Waals surface area contributed by atoms with Crippen molar-refractivity contribution in [2.45, 2.75) is 24.6 Å². The molecule has 0 bridgehead atoms. The highest BCUT2D eigenvalue weighted by Gasteiger charge is 2.40. The van der Waals surface area contributed by atoms with Gasteiger partial charge >= 0.3 is 12.2 Å². The molecule has 2 N–H and O–H groups in total. The summed E-state index contributed by atoms with van der Waals surface area (Å²) in [6, 6.07) is 14.0. The second kappa shape index (κ2) is 7.44. The van der Waals surface area contributed by atoms with Gasteiger partial charge in [-0.2, -0.15) is 13.2 Å². The first kappa shape index (κ1) is 19.3. The highest BCUT2D eigenvalue weighted by Crippen LogP contribution is 2.35. The summed E-state index contributed by atoms with van der Waals surface area (Å²) in [5.74, 6) is 0. The number of amides is 2. The maximum atomic E-state index is 12.8. The van der Waals surface area contributed by atoms with Gasteiger partial charge < -0.3 is 10.2 Å². The molecular formula is C21H20F3N3O2. The Balaban J connectivity index is 1.38. The number of hydrogen-bond donors (Lipinski definition) is 2. The number of likely N-dealkylation sites (tertiary alicyclic amines) is 1. The highest BCUT2D eigenvalue weighted by atomic mass is 19.4. The molecule has 0 saturated carbocycles. The van der Waals surface area contributed by atoms with E-state index in [4.69, 9.17) is 4.84 Å². The van der Waals surface area contributed by atoms with Crippen LogP contribution in [0.3, 0.4) is 0 Å². The van der Waals surface area contributed by atoms with Crippen LogP contribution in [-0.2, 0) is 11.0 Å². The van der Waals surface area contributed by atoms with Crippen molar-refractivity contribution in [1.29, 1.82) is 0 Å². The lowest BCUT2D eigenvalue weighted by Gasteiger charge is -2.36. The molecule has 1 saturated heterocycles. The Morgan fingerprint density at radius 3 is 2.48 bits per heavy atom. The molecule has 2 aromatic rings. The van der Waals surface area contributed by atoms with Crippen LogP contribution in [0.15, 0.2) is 60.7 Å². The molecule has 2 amide bonds. The molecule has 8 heteroatoms. The van der Waals surface area contributed by atoms with E-state index in [1.54, 1.807) is 4.90 Å². The number of halogens is 3. The Hall–Kier alpha value is -3.00. The van der Waals surface area contributed by atoms with E-state index < -0.39 is 23.4 Å². The predicted molar refractivity (Wildman–Crippen MR) is 103 cm³/mol. The molecule has 152 valence electrons. The van der Waals surface area contributed by atoms with Gasteiger partial charge in [0, 0.05) is 31.6 Å². The van der Waals surface area contributed by atoms with Gasteiger partial charge in [-0.05, 0) is 29.8 Å². The fourth-order valence-electron chi connectivity index (χ4n) is 3.55. The molecule has 5 nitrogen and oxygen atoms in total. The second-order valence-electron chi connectivity index (χ2n) is 7.19. The van der Waals surface area contributed by atoms with Crippen LogP contribution in [0.5, 0.6) is 0 Å². The number of urea groups is 1. The fourth-order valence-corrected chi connectivity index (χ4v) is 3.55. The minimum absolute atomic E-state index is 0.121. The number of carbonyl (C=O) groups is 1. The summed E-state index contributed by atoms with van der Waals surface area (Å²) in [5.41, 5.74) is 3.73.